The third kappa shape index (κ3) is 5.20. The lowest BCUT2D eigenvalue weighted by atomic mass is 9.91. The number of amides is 1. The Balaban J connectivity index is 1.44. The number of nitrogens with one attached hydrogen (secondary N) is 1. The van der Waals surface area contributed by atoms with Gasteiger partial charge in [0.2, 0.25) is 5.91 Å². The molecular weight excluding hydrogens is 479 g/mol. The normalized spacial score (nSPS) is 15.9. The van der Waals surface area contributed by atoms with Gasteiger partial charge in [0, 0.05) is 28.2 Å². The maximum atomic E-state index is 12.8. The van der Waals surface area contributed by atoms with Crippen LogP contribution in [0.4, 0.5) is 5.69 Å². The molecule has 1 aliphatic heterocycles. The van der Waals surface area contributed by atoms with Gasteiger partial charge in [-0.15, -0.1) is 11.3 Å². The summed E-state index contributed by atoms with van der Waals surface area (Å²) >= 11 is 13.3. The van der Waals surface area contributed by atoms with Crippen molar-refractivity contribution in [2.45, 2.75) is 23.5 Å². The molecule has 6 nitrogen and oxygen atoms in total. The summed E-state index contributed by atoms with van der Waals surface area (Å²) in [6.07, 6.45) is 2.47. The largest absolute Gasteiger partial charge is 0.492 e. The van der Waals surface area contributed by atoms with Gasteiger partial charge in [-0.2, -0.15) is 0 Å². The Kier molecular flexibility index (Phi) is 6.52. The molecule has 0 saturated carbocycles. The Morgan fingerprint density at radius 1 is 1.19 bits per heavy atom. The van der Waals surface area contributed by atoms with E-state index in [1.54, 1.807) is 41.9 Å². The number of benzene rings is 2. The van der Waals surface area contributed by atoms with Gasteiger partial charge in [0.15, 0.2) is 9.84 Å². The zero-order valence-electron chi connectivity index (χ0n) is 16.2. The highest BCUT2D eigenvalue weighted by Crippen LogP contribution is 2.32. The second kappa shape index (κ2) is 9.16. The van der Waals surface area contributed by atoms with Crippen LogP contribution in [0.1, 0.15) is 17.0 Å². The molecule has 2 aromatic carbocycles. The van der Waals surface area contributed by atoms with E-state index in [-0.39, 0.29) is 29.1 Å². The molecule has 1 amide bonds. The number of hydrogen-bond acceptors (Lipinski definition) is 6. The standard InChI is InChI=1S/C21H18Cl2N2O4S2/c22-15-1-4-19(17(23)11-15)29-7-5-13-9-14-10-16(2-3-18(14)25-21(13)26)31(27,28)12-20-24-6-8-30-20/h1-4,6,8,10-11,13H,5,7,9,12H2,(H,25,26). The maximum absolute atomic E-state index is 12.8. The van der Waals surface area contributed by atoms with Gasteiger partial charge in [0.05, 0.1) is 16.5 Å². The predicted molar refractivity (Wildman–Crippen MR) is 122 cm³/mol. The highest BCUT2D eigenvalue weighted by atomic mass is 35.5. The fourth-order valence-electron chi connectivity index (χ4n) is 3.35. The van der Waals surface area contributed by atoms with E-state index < -0.39 is 9.84 Å². The summed E-state index contributed by atoms with van der Waals surface area (Å²) < 4.78 is 31.2. The predicted octanol–water partition coefficient (Wildman–Crippen LogP) is 5.00. The topological polar surface area (TPSA) is 85.4 Å². The number of carbonyl (C=O) groups excluding carboxylic acids is 1. The molecule has 4 rings (SSSR count). The first-order valence-corrected chi connectivity index (χ1v) is 12.7. The Hall–Kier alpha value is -2.13. The highest BCUT2D eigenvalue weighted by Gasteiger charge is 2.28. The van der Waals surface area contributed by atoms with Crippen LogP contribution in [0.3, 0.4) is 0 Å². The Labute approximate surface area is 194 Å². The summed E-state index contributed by atoms with van der Waals surface area (Å²) in [5.41, 5.74) is 1.42. The summed E-state index contributed by atoms with van der Waals surface area (Å²) in [6, 6.07) is 9.76. The van der Waals surface area contributed by atoms with Crippen LogP contribution < -0.4 is 10.1 Å². The van der Waals surface area contributed by atoms with Crippen molar-refractivity contribution in [3.8, 4) is 5.75 Å². The summed E-state index contributed by atoms with van der Waals surface area (Å²) in [5.74, 6) is -0.0972. The van der Waals surface area contributed by atoms with Crippen molar-refractivity contribution in [2.75, 3.05) is 11.9 Å². The number of fused-ring (bicyclic) bond motifs is 1. The summed E-state index contributed by atoms with van der Waals surface area (Å²) in [6.45, 7) is 0.289. The summed E-state index contributed by atoms with van der Waals surface area (Å²) in [4.78, 5) is 16.7. The zero-order chi connectivity index (χ0) is 22.0. The first kappa shape index (κ1) is 22.1. The molecule has 3 aromatic rings. The minimum atomic E-state index is -3.52. The lowest BCUT2D eigenvalue weighted by Crippen LogP contribution is -2.31. The third-order valence-electron chi connectivity index (χ3n) is 4.95. The average molecular weight is 497 g/mol. The molecule has 1 atom stereocenters. The van der Waals surface area contributed by atoms with Gasteiger partial charge in [-0.3, -0.25) is 4.79 Å². The number of halogens is 2. The molecule has 2 heterocycles. The number of carbonyl (C=O) groups is 1. The van der Waals surface area contributed by atoms with Crippen molar-refractivity contribution in [3.05, 3.63) is 68.6 Å². The van der Waals surface area contributed by atoms with Crippen LogP contribution >= 0.6 is 34.5 Å². The van der Waals surface area contributed by atoms with Gasteiger partial charge in [-0.25, -0.2) is 13.4 Å². The third-order valence-corrected chi connectivity index (χ3v) is 8.06. The number of aromatic nitrogens is 1. The van der Waals surface area contributed by atoms with Crippen molar-refractivity contribution in [1.29, 1.82) is 0 Å². The minimum absolute atomic E-state index is 0.114. The molecule has 31 heavy (non-hydrogen) atoms. The fraction of sp³-hybridized carbons (Fsp3) is 0.238. The van der Waals surface area contributed by atoms with Gasteiger partial charge in [0.1, 0.15) is 16.5 Å². The quantitative estimate of drug-likeness (QED) is 0.497. The lowest BCUT2D eigenvalue weighted by Gasteiger charge is -2.25. The molecule has 0 saturated heterocycles. The molecule has 1 N–H and O–H groups in total. The lowest BCUT2D eigenvalue weighted by molar-refractivity contribution is -0.120. The second-order valence-corrected chi connectivity index (χ2v) is 10.9. The molecule has 0 bridgehead atoms. The fourth-order valence-corrected chi connectivity index (χ4v) is 6.12. The van der Waals surface area contributed by atoms with Crippen LogP contribution in [-0.4, -0.2) is 25.9 Å². The van der Waals surface area contributed by atoms with Crippen molar-refractivity contribution < 1.29 is 17.9 Å². The first-order chi connectivity index (χ1) is 14.8. The number of hydrogen-bond donors (Lipinski definition) is 1. The monoisotopic (exact) mass is 496 g/mol. The molecule has 0 radical (unpaired) electrons. The van der Waals surface area contributed by atoms with E-state index in [1.165, 1.54) is 17.4 Å². The van der Waals surface area contributed by atoms with Crippen LogP contribution in [0, 0.1) is 5.92 Å². The molecular formula is C21H18Cl2N2O4S2. The van der Waals surface area contributed by atoms with Gasteiger partial charge in [0.25, 0.3) is 0 Å². The minimum Gasteiger partial charge on any atom is -0.492 e. The Bertz CT molecular complexity index is 1210. The number of thiazole rings is 1. The van der Waals surface area contributed by atoms with Crippen molar-refractivity contribution in [3.63, 3.8) is 0 Å². The highest BCUT2D eigenvalue weighted by molar-refractivity contribution is 7.90. The van der Waals surface area contributed by atoms with Crippen LogP contribution in [0.15, 0.2) is 52.9 Å². The van der Waals surface area contributed by atoms with Gasteiger partial charge in [-0.05, 0) is 54.8 Å². The second-order valence-electron chi connectivity index (χ2n) is 7.11. The van der Waals surface area contributed by atoms with Gasteiger partial charge >= 0.3 is 0 Å². The van der Waals surface area contributed by atoms with E-state index in [2.05, 4.69) is 10.3 Å². The average Bonchev–Trinajstić information content (AvgIpc) is 3.22. The smallest absolute Gasteiger partial charge is 0.227 e. The maximum Gasteiger partial charge on any atom is 0.227 e. The van der Waals surface area contributed by atoms with Crippen LogP contribution in [0.5, 0.6) is 5.75 Å². The SMILES string of the molecule is O=C1Nc2ccc(S(=O)(=O)Cc3nccs3)cc2CC1CCOc1ccc(Cl)cc1Cl. The molecule has 0 aliphatic carbocycles. The van der Waals surface area contributed by atoms with E-state index in [0.717, 1.165) is 5.56 Å². The zero-order valence-corrected chi connectivity index (χ0v) is 19.3. The number of nitrogens with zero attached hydrogens (tertiary/aromatic N) is 1. The number of sulfone groups is 1. The van der Waals surface area contributed by atoms with Crippen LogP contribution in [0.2, 0.25) is 10.0 Å². The molecule has 0 fully saturated rings. The van der Waals surface area contributed by atoms with Crippen molar-refractivity contribution >= 4 is 56.0 Å². The van der Waals surface area contributed by atoms with E-state index in [9.17, 15) is 13.2 Å². The Morgan fingerprint density at radius 3 is 2.77 bits per heavy atom. The molecule has 10 heteroatoms. The van der Waals surface area contributed by atoms with Crippen molar-refractivity contribution in [2.24, 2.45) is 5.92 Å². The molecule has 1 aliphatic rings. The van der Waals surface area contributed by atoms with Crippen molar-refractivity contribution in [1.82, 2.24) is 4.98 Å². The Morgan fingerprint density at radius 2 is 2.03 bits per heavy atom. The number of anilines is 1. The summed E-state index contributed by atoms with van der Waals surface area (Å²) in [7, 11) is -3.52. The van der Waals surface area contributed by atoms with Gasteiger partial charge in [-0.1, -0.05) is 23.2 Å². The molecule has 1 unspecified atom stereocenters. The number of ether oxygens (including phenoxy) is 1. The van der Waals surface area contributed by atoms with Crippen LogP contribution in [0.25, 0.3) is 0 Å². The van der Waals surface area contributed by atoms with Gasteiger partial charge < -0.3 is 10.1 Å². The van der Waals surface area contributed by atoms with E-state index in [1.807, 2.05) is 0 Å². The molecule has 1 aromatic heterocycles. The molecule has 0 spiro atoms. The summed E-state index contributed by atoms with van der Waals surface area (Å²) in [5, 5.41) is 6.07. The van der Waals surface area contributed by atoms with E-state index in [0.29, 0.717) is 39.3 Å². The first-order valence-electron chi connectivity index (χ1n) is 9.44. The van der Waals surface area contributed by atoms with E-state index in [4.69, 9.17) is 27.9 Å². The number of rotatable bonds is 7. The van der Waals surface area contributed by atoms with Crippen LogP contribution in [-0.2, 0) is 26.8 Å². The van der Waals surface area contributed by atoms with E-state index >= 15 is 0 Å². The molecule has 162 valence electrons.